The molecule has 1 aliphatic rings. The molecular formula is C19H19N3O. The molecule has 0 saturated carbocycles. The molecule has 4 heteroatoms. The molecule has 0 unspecified atom stereocenters. The third kappa shape index (κ3) is 2.59. The molecule has 0 saturated heterocycles. The van der Waals surface area contributed by atoms with Crippen LogP contribution in [0.1, 0.15) is 47.3 Å². The van der Waals surface area contributed by atoms with E-state index < -0.39 is 0 Å². The van der Waals surface area contributed by atoms with E-state index in [9.17, 15) is 10.1 Å². The van der Waals surface area contributed by atoms with Crippen molar-refractivity contribution in [2.45, 2.75) is 33.6 Å². The van der Waals surface area contributed by atoms with Gasteiger partial charge in [-0.3, -0.25) is 10.2 Å². The Hall–Kier alpha value is -2.67. The van der Waals surface area contributed by atoms with Gasteiger partial charge >= 0.3 is 0 Å². The number of nitrogens with one attached hydrogen (secondary N) is 1. The molecule has 0 atom stereocenters. The Balaban J connectivity index is 2.29. The Morgan fingerprint density at radius 3 is 2.48 bits per heavy atom. The minimum absolute atomic E-state index is 0.0496. The largest absolute Gasteiger partial charge is 0.300 e. The van der Waals surface area contributed by atoms with Crippen molar-refractivity contribution < 1.29 is 4.79 Å². The van der Waals surface area contributed by atoms with Gasteiger partial charge in [0, 0.05) is 23.9 Å². The zero-order valence-electron chi connectivity index (χ0n) is 13.6. The number of carbonyl (C=O) groups excluding carboxylic acids is 1. The third-order valence-corrected chi connectivity index (χ3v) is 4.38. The Bertz CT molecular complexity index is 896. The highest BCUT2D eigenvalue weighted by Gasteiger charge is 2.33. The fraction of sp³-hybridized carbons (Fsp3) is 0.316. The summed E-state index contributed by atoms with van der Waals surface area (Å²) in [4.78, 5) is 12.5. The lowest BCUT2D eigenvalue weighted by Crippen LogP contribution is -2.33. The van der Waals surface area contributed by atoms with Gasteiger partial charge in [0.2, 0.25) is 0 Å². The number of aryl methyl sites for hydroxylation is 1. The van der Waals surface area contributed by atoms with E-state index in [0.717, 1.165) is 16.8 Å². The lowest BCUT2D eigenvalue weighted by Gasteiger charge is -2.31. The van der Waals surface area contributed by atoms with E-state index in [0.29, 0.717) is 24.0 Å². The van der Waals surface area contributed by atoms with Gasteiger partial charge in [0.05, 0.1) is 5.56 Å². The van der Waals surface area contributed by atoms with E-state index in [1.807, 2.05) is 45.0 Å². The fourth-order valence-electron chi connectivity index (χ4n) is 3.19. The maximum Gasteiger partial charge on any atom is 0.165 e. The SMILES string of the molecule is Cc1ccc(-n2cc3c(c(C#N)c2=N)CC(C)(C)CC3=O)cc1. The Morgan fingerprint density at radius 1 is 1.22 bits per heavy atom. The van der Waals surface area contributed by atoms with Gasteiger partial charge in [-0.05, 0) is 36.5 Å². The van der Waals surface area contributed by atoms with Crippen LogP contribution in [0.3, 0.4) is 0 Å². The molecule has 1 aromatic heterocycles. The van der Waals surface area contributed by atoms with Gasteiger partial charge < -0.3 is 4.57 Å². The Kier molecular flexibility index (Phi) is 3.45. The summed E-state index contributed by atoms with van der Waals surface area (Å²) in [6.45, 7) is 6.05. The zero-order chi connectivity index (χ0) is 16.8. The number of ketones is 1. The molecule has 1 aliphatic carbocycles. The van der Waals surface area contributed by atoms with Crippen LogP contribution in [0, 0.1) is 29.1 Å². The fourth-order valence-corrected chi connectivity index (χ4v) is 3.19. The molecule has 0 aliphatic heterocycles. The molecule has 3 rings (SSSR count). The van der Waals surface area contributed by atoms with Crippen molar-refractivity contribution in [2.24, 2.45) is 5.41 Å². The van der Waals surface area contributed by atoms with Crippen molar-refractivity contribution in [3.05, 3.63) is 58.2 Å². The van der Waals surface area contributed by atoms with Crippen molar-refractivity contribution in [3.8, 4) is 11.8 Å². The summed E-state index contributed by atoms with van der Waals surface area (Å²) >= 11 is 0. The summed E-state index contributed by atoms with van der Waals surface area (Å²) in [6.07, 6.45) is 2.84. The van der Waals surface area contributed by atoms with E-state index in [1.54, 1.807) is 10.8 Å². The van der Waals surface area contributed by atoms with Crippen LogP contribution in [0.15, 0.2) is 30.5 Å². The molecule has 23 heavy (non-hydrogen) atoms. The molecule has 1 aromatic carbocycles. The molecule has 1 heterocycles. The number of fused-ring (bicyclic) bond motifs is 1. The molecule has 0 bridgehead atoms. The highest BCUT2D eigenvalue weighted by Crippen LogP contribution is 2.35. The number of nitriles is 1. The normalized spacial score (nSPS) is 15.8. The van der Waals surface area contributed by atoms with Gasteiger partial charge in [-0.2, -0.15) is 5.26 Å². The maximum absolute atomic E-state index is 12.5. The predicted octanol–water partition coefficient (Wildman–Crippen LogP) is 3.29. The lowest BCUT2D eigenvalue weighted by atomic mass is 9.73. The summed E-state index contributed by atoms with van der Waals surface area (Å²) in [7, 11) is 0. The van der Waals surface area contributed by atoms with Crippen LogP contribution in [-0.4, -0.2) is 10.4 Å². The zero-order valence-corrected chi connectivity index (χ0v) is 13.6. The number of rotatable bonds is 1. The molecular weight excluding hydrogens is 286 g/mol. The first-order chi connectivity index (χ1) is 10.8. The molecule has 0 fully saturated rings. The minimum Gasteiger partial charge on any atom is -0.300 e. The Labute approximate surface area is 135 Å². The van der Waals surface area contributed by atoms with Crippen LogP contribution in [0.5, 0.6) is 0 Å². The number of hydrogen-bond acceptors (Lipinski definition) is 3. The van der Waals surface area contributed by atoms with E-state index in [4.69, 9.17) is 5.41 Å². The lowest BCUT2D eigenvalue weighted by molar-refractivity contribution is 0.0911. The summed E-state index contributed by atoms with van der Waals surface area (Å²) in [6, 6.07) is 9.86. The number of benzene rings is 1. The number of carbonyl (C=O) groups is 1. The highest BCUT2D eigenvalue weighted by atomic mass is 16.1. The molecule has 0 amide bonds. The second-order valence-corrected chi connectivity index (χ2v) is 7.00. The van der Waals surface area contributed by atoms with Crippen molar-refractivity contribution in [2.75, 3.05) is 0 Å². The van der Waals surface area contributed by atoms with E-state index in [1.165, 1.54) is 0 Å². The van der Waals surface area contributed by atoms with Crippen LogP contribution < -0.4 is 5.49 Å². The van der Waals surface area contributed by atoms with Gasteiger partial charge in [-0.25, -0.2) is 0 Å². The number of hydrogen-bond donors (Lipinski definition) is 1. The van der Waals surface area contributed by atoms with Gasteiger partial charge in [0.25, 0.3) is 0 Å². The molecule has 1 N–H and O–H groups in total. The standard InChI is InChI=1S/C19H19N3O/c1-12-4-6-13(7-5-12)22-11-16-14(15(10-20)18(22)21)8-19(2,3)9-17(16)23/h4-7,11,21H,8-9H2,1-3H3. The number of nitrogens with zero attached hydrogens (tertiary/aromatic N) is 2. The van der Waals surface area contributed by atoms with Gasteiger partial charge in [0.15, 0.2) is 5.78 Å². The minimum atomic E-state index is -0.168. The number of aromatic nitrogens is 1. The molecule has 116 valence electrons. The quantitative estimate of drug-likeness (QED) is 0.878. The first kappa shape index (κ1) is 15.2. The first-order valence-electron chi connectivity index (χ1n) is 7.66. The topological polar surface area (TPSA) is 69.6 Å². The number of Topliss-reactive ketones (excluding diaryl/α,β-unsaturated/α-hetero) is 1. The first-order valence-corrected chi connectivity index (χ1v) is 7.66. The molecule has 2 aromatic rings. The van der Waals surface area contributed by atoms with Crippen LogP contribution in [0.2, 0.25) is 0 Å². The summed E-state index contributed by atoms with van der Waals surface area (Å²) in [5.74, 6) is 0.0496. The third-order valence-electron chi connectivity index (χ3n) is 4.38. The summed E-state index contributed by atoms with van der Waals surface area (Å²) in [5.41, 5.74) is 3.50. The van der Waals surface area contributed by atoms with Gasteiger partial charge in [-0.1, -0.05) is 31.5 Å². The van der Waals surface area contributed by atoms with E-state index in [-0.39, 0.29) is 16.7 Å². The smallest absolute Gasteiger partial charge is 0.165 e. The number of pyridine rings is 1. The second-order valence-electron chi connectivity index (χ2n) is 7.00. The molecule has 0 radical (unpaired) electrons. The van der Waals surface area contributed by atoms with Gasteiger partial charge in [-0.15, -0.1) is 0 Å². The van der Waals surface area contributed by atoms with Crippen LogP contribution in [0.25, 0.3) is 5.69 Å². The average molecular weight is 305 g/mol. The van der Waals surface area contributed by atoms with Crippen molar-refractivity contribution >= 4 is 5.78 Å². The maximum atomic E-state index is 12.5. The average Bonchev–Trinajstić information content (AvgIpc) is 2.47. The monoisotopic (exact) mass is 305 g/mol. The second kappa shape index (κ2) is 5.20. The Morgan fingerprint density at radius 2 is 1.87 bits per heavy atom. The summed E-state index contributed by atoms with van der Waals surface area (Å²) in [5, 5.41) is 18.0. The highest BCUT2D eigenvalue weighted by molar-refractivity contribution is 5.99. The van der Waals surface area contributed by atoms with Crippen molar-refractivity contribution in [1.82, 2.24) is 4.57 Å². The predicted molar refractivity (Wildman–Crippen MR) is 87.5 cm³/mol. The summed E-state index contributed by atoms with van der Waals surface area (Å²) < 4.78 is 1.63. The molecule has 0 spiro atoms. The van der Waals surface area contributed by atoms with Crippen LogP contribution >= 0.6 is 0 Å². The van der Waals surface area contributed by atoms with E-state index in [2.05, 4.69) is 6.07 Å². The van der Waals surface area contributed by atoms with Gasteiger partial charge in [0.1, 0.15) is 11.6 Å². The van der Waals surface area contributed by atoms with Crippen LogP contribution in [0.4, 0.5) is 0 Å². The van der Waals surface area contributed by atoms with E-state index >= 15 is 0 Å². The van der Waals surface area contributed by atoms with Crippen LogP contribution in [-0.2, 0) is 6.42 Å². The van der Waals surface area contributed by atoms with Crippen molar-refractivity contribution in [3.63, 3.8) is 0 Å². The molecule has 4 nitrogen and oxygen atoms in total. The van der Waals surface area contributed by atoms with Crippen molar-refractivity contribution in [1.29, 1.82) is 10.7 Å².